The van der Waals surface area contributed by atoms with E-state index in [0.29, 0.717) is 12.2 Å². The smallest absolute Gasteiger partial charge is 0.407 e. The normalized spacial score (nSPS) is 18.4. The third kappa shape index (κ3) is 4.84. The molecule has 1 fully saturated rings. The molecule has 1 saturated heterocycles. The summed E-state index contributed by atoms with van der Waals surface area (Å²) in [4.78, 5) is 29.1. The number of anilines is 1. The molecular formula is C16H23N3O4. The van der Waals surface area contributed by atoms with Gasteiger partial charge in [-0.05, 0) is 39.7 Å². The Labute approximate surface area is 135 Å². The Bertz CT molecular complexity index is 583. The Balaban J connectivity index is 2.04. The molecule has 1 aliphatic rings. The average molecular weight is 321 g/mol. The topological polar surface area (TPSA) is 91.8 Å². The maximum absolute atomic E-state index is 11.9. The summed E-state index contributed by atoms with van der Waals surface area (Å²) in [6.45, 7) is 6.74. The summed E-state index contributed by atoms with van der Waals surface area (Å²) in [5.74, 6) is -1.00. The Morgan fingerprint density at radius 2 is 2.17 bits per heavy atom. The first-order chi connectivity index (χ1) is 10.8. The number of carboxylic acid groups (broad SMARTS) is 1. The van der Waals surface area contributed by atoms with Crippen LogP contribution in [0.25, 0.3) is 0 Å². The molecular weight excluding hydrogens is 298 g/mol. The lowest BCUT2D eigenvalue weighted by atomic mass is 10.0. The van der Waals surface area contributed by atoms with E-state index in [0.717, 1.165) is 19.4 Å². The Morgan fingerprint density at radius 3 is 2.83 bits per heavy atom. The lowest BCUT2D eigenvalue weighted by Crippen LogP contribution is -2.49. The van der Waals surface area contributed by atoms with E-state index in [-0.39, 0.29) is 11.6 Å². The number of rotatable bonds is 3. The van der Waals surface area contributed by atoms with Crippen molar-refractivity contribution in [1.29, 1.82) is 0 Å². The van der Waals surface area contributed by atoms with E-state index in [1.54, 1.807) is 12.3 Å². The second-order valence-corrected chi connectivity index (χ2v) is 6.63. The number of aromatic nitrogens is 1. The minimum absolute atomic E-state index is 0.0755. The minimum Gasteiger partial charge on any atom is -0.478 e. The van der Waals surface area contributed by atoms with Gasteiger partial charge in [-0.3, -0.25) is 4.98 Å². The Hall–Kier alpha value is -2.31. The molecule has 1 aromatic rings. The van der Waals surface area contributed by atoms with Gasteiger partial charge in [0.15, 0.2) is 0 Å². The number of ether oxygens (including phenoxy) is 1. The molecule has 0 spiro atoms. The predicted molar refractivity (Wildman–Crippen MR) is 85.8 cm³/mol. The Kier molecular flexibility index (Phi) is 5.08. The van der Waals surface area contributed by atoms with Crippen molar-refractivity contribution in [2.24, 2.45) is 0 Å². The fourth-order valence-electron chi connectivity index (χ4n) is 2.62. The highest BCUT2D eigenvalue weighted by atomic mass is 16.6. The summed E-state index contributed by atoms with van der Waals surface area (Å²) < 4.78 is 5.27. The van der Waals surface area contributed by atoms with Crippen molar-refractivity contribution in [3.8, 4) is 0 Å². The molecule has 0 bridgehead atoms. The van der Waals surface area contributed by atoms with Crippen LogP contribution in [0.3, 0.4) is 0 Å². The summed E-state index contributed by atoms with van der Waals surface area (Å²) in [6.07, 6.45) is 4.18. The van der Waals surface area contributed by atoms with Gasteiger partial charge in [0, 0.05) is 31.5 Å². The van der Waals surface area contributed by atoms with Crippen LogP contribution in [0.1, 0.15) is 44.0 Å². The zero-order chi connectivity index (χ0) is 17.0. The number of hydrogen-bond acceptors (Lipinski definition) is 5. The molecule has 1 aliphatic heterocycles. The van der Waals surface area contributed by atoms with Gasteiger partial charge in [-0.2, -0.15) is 0 Å². The molecule has 0 aromatic carbocycles. The highest BCUT2D eigenvalue weighted by Gasteiger charge is 2.26. The first kappa shape index (κ1) is 17.1. The van der Waals surface area contributed by atoms with E-state index in [1.807, 2.05) is 25.7 Å². The van der Waals surface area contributed by atoms with Crippen molar-refractivity contribution < 1.29 is 19.4 Å². The molecule has 7 nitrogen and oxygen atoms in total. The molecule has 1 atom stereocenters. The molecule has 0 radical (unpaired) electrons. The number of alkyl carbamates (subject to hydrolysis) is 1. The van der Waals surface area contributed by atoms with Crippen LogP contribution < -0.4 is 10.2 Å². The van der Waals surface area contributed by atoms with Gasteiger partial charge in [0.1, 0.15) is 11.2 Å². The van der Waals surface area contributed by atoms with Crippen molar-refractivity contribution in [1.82, 2.24) is 10.3 Å². The fraction of sp³-hybridized carbons (Fsp3) is 0.562. The maximum Gasteiger partial charge on any atom is 0.407 e. The van der Waals surface area contributed by atoms with Gasteiger partial charge in [-0.1, -0.05) is 0 Å². The zero-order valence-electron chi connectivity index (χ0n) is 13.7. The van der Waals surface area contributed by atoms with Crippen LogP contribution in [0.4, 0.5) is 10.5 Å². The number of hydrogen-bond donors (Lipinski definition) is 2. The van der Waals surface area contributed by atoms with E-state index >= 15 is 0 Å². The third-order valence-electron chi connectivity index (χ3n) is 3.51. The monoisotopic (exact) mass is 321 g/mol. The maximum atomic E-state index is 11.9. The number of nitrogens with zero attached hydrogens (tertiary/aromatic N) is 2. The standard InChI is InChI=1S/C16H23N3O4/c1-16(2,3)23-15(22)18-11-5-4-8-19(10-11)13-6-7-17-9-12(13)14(20)21/h6-7,9,11H,4-5,8,10H2,1-3H3,(H,18,22)(H,20,21). The number of carbonyl (C=O) groups is 2. The Morgan fingerprint density at radius 1 is 1.43 bits per heavy atom. The van der Waals surface area contributed by atoms with E-state index in [4.69, 9.17) is 4.74 Å². The number of aromatic carboxylic acids is 1. The van der Waals surface area contributed by atoms with Crippen LogP contribution in [-0.2, 0) is 4.74 Å². The number of nitrogens with one attached hydrogen (secondary N) is 1. The quantitative estimate of drug-likeness (QED) is 0.887. The summed E-state index contributed by atoms with van der Waals surface area (Å²) in [5, 5.41) is 12.1. The van der Waals surface area contributed by atoms with Gasteiger partial charge in [0.25, 0.3) is 0 Å². The zero-order valence-corrected chi connectivity index (χ0v) is 13.7. The first-order valence-electron chi connectivity index (χ1n) is 7.68. The summed E-state index contributed by atoms with van der Waals surface area (Å²) in [5.41, 5.74) is 0.258. The molecule has 1 amide bonds. The van der Waals surface area contributed by atoms with Crippen LogP contribution >= 0.6 is 0 Å². The van der Waals surface area contributed by atoms with Crippen molar-refractivity contribution in [2.45, 2.75) is 45.3 Å². The molecule has 1 aromatic heterocycles. The van der Waals surface area contributed by atoms with Gasteiger partial charge in [0.2, 0.25) is 0 Å². The first-order valence-corrected chi connectivity index (χ1v) is 7.68. The molecule has 2 heterocycles. The molecule has 23 heavy (non-hydrogen) atoms. The highest BCUT2D eigenvalue weighted by Crippen LogP contribution is 2.23. The van der Waals surface area contributed by atoms with Crippen molar-refractivity contribution in [2.75, 3.05) is 18.0 Å². The van der Waals surface area contributed by atoms with E-state index < -0.39 is 17.7 Å². The molecule has 2 rings (SSSR count). The highest BCUT2D eigenvalue weighted by molar-refractivity contribution is 5.94. The van der Waals surface area contributed by atoms with Crippen LogP contribution in [0.15, 0.2) is 18.5 Å². The van der Waals surface area contributed by atoms with Gasteiger partial charge >= 0.3 is 12.1 Å². The number of piperidine rings is 1. The van der Waals surface area contributed by atoms with Crippen molar-refractivity contribution in [3.63, 3.8) is 0 Å². The lowest BCUT2D eigenvalue weighted by molar-refractivity contribution is 0.0499. The second kappa shape index (κ2) is 6.85. The van der Waals surface area contributed by atoms with Crippen LogP contribution in [0.2, 0.25) is 0 Å². The molecule has 126 valence electrons. The van der Waals surface area contributed by atoms with E-state index in [1.165, 1.54) is 6.20 Å². The number of carboxylic acids is 1. The van der Waals surface area contributed by atoms with Gasteiger partial charge in [-0.15, -0.1) is 0 Å². The minimum atomic E-state index is -1.00. The van der Waals surface area contributed by atoms with Gasteiger partial charge in [-0.25, -0.2) is 9.59 Å². The summed E-state index contributed by atoms with van der Waals surface area (Å²) in [6, 6.07) is 1.62. The number of carbonyl (C=O) groups excluding carboxylic acids is 1. The molecule has 0 aliphatic carbocycles. The van der Waals surface area contributed by atoms with E-state index in [2.05, 4.69) is 10.3 Å². The SMILES string of the molecule is CC(C)(C)OC(=O)NC1CCCN(c2ccncc2C(=O)O)C1. The van der Waals surface area contributed by atoms with Gasteiger partial charge < -0.3 is 20.1 Å². The molecule has 7 heteroatoms. The second-order valence-electron chi connectivity index (χ2n) is 6.63. The molecule has 1 unspecified atom stereocenters. The third-order valence-corrected chi connectivity index (χ3v) is 3.51. The summed E-state index contributed by atoms with van der Waals surface area (Å²) in [7, 11) is 0. The van der Waals surface area contributed by atoms with Gasteiger partial charge in [0.05, 0.1) is 5.69 Å². The van der Waals surface area contributed by atoms with Crippen LogP contribution in [-0.4, -0.2) is 46.9 Å². The molecule has 0 saturated carbocycles. The van der Waals surface area contributed by atoms with E-state index in [9.17, 15) is 14.7 Å². The van der Waals surface area contributed by atoms with Crippen LogP contribution in [0, 0.1) is 0 Å². The predicted octanol–water partition coefficient (Wildman–Crippen LogP) is 2.27. The lowest BCUT2D eigenvalue weighted by Gasteiger charge is -2.35. The summed E-state index contributed by atoms with van der Waals surface area (Å²) >= 11 is 0. The average Bonchev–Trinajstić information content (AvgIpc) is 2.45. The number of amides is 1. The molecule has 2 N–H and O–H groups in total. The number of pyridine rings is 1. The van der Waals surface area contributed by atoms with Crippen LogP contribution in [0.5, 0.6) is 0 Å². The fourth-order valence-corrected chi connectivity index (χ4v) is 2.62. The van der Waals surface area contributed by atoms with Crippen molar-refractivity contribution >= 4 is 17.7 Å². The largest absolute Gasteiger partial charge is 0.478 e. The van der Waals surface area contributed by atoms with Crippen molar-refractivity contribution in [3.05, 3.63) is 24.0 Å².